The zero-order valence-corrected chi connectivity index (χ0v) is 18.0. The van der Waals surface area contributed by atoms with Gasteiger partial charge in [0.25, 0.3) is 0 Å². The summed E-state index contributed by atoms with van der Waals surface area (Å²) in [4.78, 5) is 6.74. The number of rotatable bonds is 7. The summed E-state index contributed by atoms with van der Waals surface area (Å²) in [6.45, 7) is 9.17. The Labute approximate surface area is 169 Å². The summed E-state index contributed by atoms with van der Waals surface area (Å²) in [7, 11) is 1.85. The summed E-state index contributed by atoms with van der Waals surface area (Å²) in [5, 5.41) is 3.47. The number of guanidine groups is 1. The highest BCUT2D eigenvalue weighted by molar-refractivity contribution is 14.0. The van der Waals surface area contributed by atoms with Gasteiger partial charge in [0.15, 0.2) is 5.96 Å². The molecule has 6 heteroatoms. The maximum Gasteiger partial charge on any atom is 0.193 e. The Bertz CT molecular complexity index is 525. The number of aryl methyl sites for hydroxylation is 1. The van der Waals surface area contributed by atoms with Crippen molar-refractivity contribution in [2.75, 3.05) is 46.5 Å². The second-order valence-electron chi connectivity index (χ2n) is 6.04. The van der Waals surface area contributed by atoms with Crippen LogP contribution in [0.25, 0.3) is 0 Å². The highest BCUT2D eigenvalue weighted by Gasteiger charge is 2.24. The van der Waals surface area contributed by atoms with Crippen molar-refractivity contribution in [3.63, 3.8) is 0 Å². The molecule has 1 aliphatic heterocycles. The lowest BCUT2D eigenvalue weighted by atomic mass is 10.0. The number of nitrogens with one attached hydrogen (secondary N) is 1. The van der Waals surface area contributed by atoms with Crippen LogP contribution in [-0.4, -0.2) is 57.4 Å². The molecule has 0 aromatic heterocycles. The van der Waals surface area contributed by atoms with Gasteiger partial charge in [-0.05, 0) is 37.8 Å². The topological polar surface area (TPSA) is 46.1 Å². The lowest BCUT2D eigenvalue weighted by Crippen LogP contribution is -2.48. The van der Waals surface area contributed by atoms with Crippen molar-refractivity contribution in [3.8, 4) is 0 Å². The lowest BCUT2D eigenvalue weighted by Gasteiger charge is -2.35. The van der Waals surface area contributed by atoms with Crippen molar-refractivity contribution >= 4 is 29.9 Å². The van der Waals surface area contributed by atoms with E-state index in [4.69, 9.17) is 9.47 Å². The fourth-order valence-corrected chi connectivity index (χ4v) is 2.98. The van der Waals surface area contributed by atoms with E-state index < -0.39 is 0 Å². The fourth-order valence-electron chi connectivity index (χ4n) is 2.98. The Kier molecular flexibility index (Phi) is 11.1. The monoisotopic (exact) mass is 461 g/mol. The number of ether oxygens (including phenoxy) is 2. The third-order valence-corrected chi connectivity index (χ3v) is 4.32. The molecule has 1 saturated heterocycles. The summed E-state index contributed by atoms with van der Waals surface area (Å²) in [5.41, 5.74) is 2.55. The van der Waals surface area contributed by atoms with Crippen LogP contribution in [0.15, 0.2) is 29.3 Å². The molecule has 25 heavy (non-hydrogen) atoms. The predicted molar refractivity (Wildman–Crippen MR) is 114 cm³/mol. The molecule has 5 nitrogen and oxygen atoms in total. The number of aliphatic imine (C=N–C) groups is 1. The van der Waals surface area contributed by atoms with Crippen molar-refractivity contribution < 1.29 is 9.47 Å². The molecule has 1 atom stereocenters. The van der Waals surface area contributed by atoms with Crippen molar-refractivity contribution in [2.24, 2.45) is 4.99 Å². The molecule has 0 radical (unpaired) electrons. The number of morpholine rings is 1. The first-order valence-electron chi connectivity index (χ1n) is 8.96. The van der Waals surface area contributed by atoms with E-state index in [1.54, 1.807) is 0 Å². The minimum atomic E-state index is 0. The number of halogens is 1. The van der Waals surface area contributed by atoms with Gasteiger partial charge >= 0.3 is 0 Å². The van der Waals surface area contributed by atoms with Crippen molar-refractivity contribution in [1.82, 2.24) is 10.2 Å². The Hall–Kier alpha value is -0.860. The van der Waals surface area contributed by atoms with Crippen LogP contribution >= 0.6 is 24.0 Å². The zero-order chi connectivity index (χ0) is 17.2. The van der Waals surface area contributed by atoms with Gasteiger partial charge in [-0.2, -0.15) is 0 Å². The van der Waals surface area contributed by atoms with Crippen LogP contribution in [-0.2, 0) is 9.47 Å². The second kappa shape index (κ2) is 12.5. The molecule has 1 aromatic carbocycles. The van der Waals surface area contributed by atoms with Crippen LogP contribution in [0, 0.1) is 6.92 Å². The molecule has 1 aromatic rings. The molecule has 2 rings (SSSR count). The summed E-state index contributed by atoms with van der Waals surface area (Å²) in [5.74, 6) is 0.966. The van der Waals surface area contributed by atoms with E-state index in [9.17, 15) is 0 Å². The summed E-state index contributed by atoms with van der Waals surface area (Å²) < 4.78 is 11.4. The molecule has 0 saturated carbocycles. The van der Waals surface area contributed by atoms with E-state index >= 15 is 0 Å². The molecular formula is C19H32IN3O2. The molecule has 1 aliphatic rings. The van der Waals surface area contributed by atoms with Crippen LogP contribution in [0.4, 0.5) is 0 Å². The summed E-state index contributed by atoms with van der Waals surface area (Å²) >= 11 is 0. The smallest absolute Gasteiger partial charge is 0.193 e. The third kappa shape index (κ3) is 7.11. The van der Waals surface area contributed by atoms with Crippen LogP contribution < -0.4 is 5.32 Å². The molecule has 1 heterocycles. The molecule has 0 spiro atoms. The van der Waals surface area contributed by atoms with Crippen molar-refractivity contribution in [3.05, 3.63) is 35.4 Å². The van der Waals surface area contributed by atoms with Gasteiger partial charge in [-0.3, -0.25) is 4.99 Å². The molecule has 1 N–H and O–H groups in total. The van der Waals surface area contributed by atoms with Crippen LogP contribution in [0.5, 0.6) is 0 Å². The Morgan fingerprint density at radius 1 is 1.36 bits per heavy atom. The zero-order valence-electron chi connectivity index (χ0n) is 15.7. The molecule has 142 valence electrons. The Morgan fingerprint density at radius 2 is 2.16 bits per heavy atom. The van der Waals surface area contributed by atoms with E-state index in [0.717, 1.165) is 58.3 Å². The number of benzene rings is 1. The highest BCUT2D eigenvalue weighted by Crippen LogP contribution is 2.24. The number of hydrogen-bond acceptors (Lipinski definition) is 3. The van der Waals surface area contributed by atoms with Gasteiger partial charge in [0.05, 0.1) is 13.2 Å². The summed E-state index contributed by atoms with van der Waals surface area (Å²) in [6.07, 6.45) is 2.27. The summed E-state index contributed by atoms with van der Waals surface area (Å²) in [6, 6.07) is 8.45. The Morgan fingerprint density at radius 3 is 2.88 bits per heavy atom. The SMILES string of the molecule is CCOCCCCNC(=NC)N1CCOC(c2ccccc2C)C1.I. The largest absolute Gasteiger partial charge is 0.382 e. The van der Waals surface area contributed by atoms with E-state index in [-0.39, 0.29) is 30.1 Å². The van der Waals surface area contributed by atoms with Gasteiger partial charge in [0.2, 0.25) is 0 Å². The first-order chi connectivity index (χ1) is 11.8. The molecule has 1 unspecified atom stereocenters. The average Bonchev–Trinajstić information content (AvgIpc) is 2.62. The van der Waals surface area contributed by atoms with E-state index in [2.05, 4.69) is 46.4 Å². The standard InChI is InChI=1S/C19H31N3O2.HI/c1-4-23-13-8-7-11-21-19(20-3)22-12-14-24-18(15-22)17-10-6-5-9-16(17)2;/h5-6,9-10,18H,4,7-8,11-15H2,1-3H3,(H,20,21);1H. The van der Waals surface area contributed by atoms with E-state index in [1.165, 1.54) is 11.1 Å². The normalized spacial score (nSPS) is 18.0. The van der Waals surface area contributed by atoms with Crippen molar-refractivity contribution in [1.29, 1.82) is 0 Å². The van der Waals surface area contributed by atoms with Crippen molar-refractivity contribution in [2.45, 2.75) is 32.8 Å². The predicted octanol–water partition coefficient (Wildman–Crippen LogP) is 3.38. The van der Waals surface area contributed by atoms with Gasteiger partial charge in [-0.15, -0.1) is 24.0 Å². The molecule has 0 aliphatic carbocycles. The third-order valence-electron chi connectivity index (χ3n) is 4.32. The van der Waals surface area contributed by atoms with E-state index in [1.807, 2.05) is 14.0 Å². The van der Waals surface area contributed by atoms with Gasteiger partial charge in [-0.1, -0.05) is 24.3 Å². The first kappa shape index (κ1) is 22.2. The quantitative estimate of drug-likeness (QED) is 0.293. The average molecular weight is 461 g/mol. The van der Waals surface area contributed by atoms with Gasteiger partial charge < -0.3 is 19.7 Å². The number of hydrogen-bond donors (Lipinski definition) is 1. The maximum absolute atomic E-state index is 6.00. The van der Waals surface area contributed by atoms with E-state index in [0.29, 0.717) is 0 Å². The molecule has 0 bridgehead atoms. The lowest BCUT2D eigenvalue weighted by molar-refractivity contribution is -0.00831. The minimum absolute atomic E-state index is 0. The molecule has 0 amide bonds. The van der Waals surface area contributed by atoms with Gasteiger partial charge in [0, 0.05) is 33.4 Å². The van der Waals surface area contributed by atoms with Gasteiger partial charge in [0.1, 0.15) is 6.10 Å². The highest BCUT2D eigenvalue weighted by atomic mass is 127. The van der Waals surface area contributed by atoms with Gasteiger partial charge in [-0.25, -0.2) is 0 Å². The molecule has 1 fully saturated rings. The van der Waals surface area contributed by atoms with Crippen LogP contribution in [0.2, 0.25) is 0 Å². The molecular weight excluding hydrogens is 429 g/mol. The second-order valence-corrected chi connectivity index (χ2v) is 6.04. The first-order valence-corrected chi connectivity index (χ1v) is 8.96. The minimum Gasteiger partial charge on any atom is -0.382 e. The van der Waals surface area contributed by atoms with Crippen LogP contribution in [0.1, 0.15) is 37.0 Å². The number of unbranched alkanes of at least 4 members (excludes halogenated alkanes) is 1. The Balaban J connectivity index is 0.00000312. The van der Waals surface area contributed by atoms with Crippen LogP contribution in [0.3, 0.4) is 0 Å². The fraction of sp³-hybridized carbons (Fsp3) is 0.632. The maximum atomic E-state index is 6.00. The number of nitrogens with zero attached hydrogens (tertiary/aromatic N) is 2.